The molecule has 118 valence electrons. The number of aryl methyl sites for hydroxylation is 1. The van der Waals surface area contributed by atoms with Gasteiger partial charge in [0.2, 0.25) is 5.91 Å². The fourth-order valence-electron chi connectivity index (χ4n) is 3.17. The van der Waals surface area contributed by atoms with Gasteiger partial charge in [0.1, 0.15) is 18.7 Å². The fourth-order valence-corrected chi connectivity index (χ4v) is 3.17. The van der Waals surface area contributed by atoms with Gasteiger partial charge in [0.15, 0.2) is 0 Å². The number of carbonyl (C=O) groups is 2. The van der Waals surface area contributed by atoms with Gasteiger partial charge in [-0.25, -0.2) is 0 Å². The summed E-state index contributed by atoms with van der Waals surface area (Å²) in [5, 5.41) is 3.18. The van der Waals surface area contributed by atoms with Crippen molar-refractivity contribution in [3.8, 4) is 0 Å². The Morgan fingerprint density at radius 2 is 2.09 bits per heavy atom. The highest BCUT2D eigenvalue weighted by Crippen LogP contribution is 2.32. The third kappa shape index (κ3) is 2.93. The highest BCUT2D eigenvalue weighted by molar-refractivity contribution is 6.07. The average Bonchev–Trinajstić information content (AvgIpc) is 2.96. The van der Waals surface area contributed by atoms with Crippen molar-refractivity contribution in [1.82, 2.24) is 0 Å². The molecular weight excluding hydrogens is 280 g/mol. The molecule has 0 saturated heterocycles. The highest BCUT2D eigenvalue weighted by Gasteiger charge is 2.32. The van der Waals surface area contributed by atoms with E-state index in [0.29, 0.717) is 0 Å². The molecule has 1 aliphatic heterocycles. The minimum absolute atomic E-state index is 0.0165. The predicted octanol–water partition coefficient (Wildman–Crippen LogP) is 2.63. The predicted molar refractivity (Wildman–Crippen MR) is 85.0 cm³/mol. The smallest absolute Gasteiger partial charge is 0.326 e. The fraction of sp³-hybridized carbons (Fsp3) is 0.529. The van der Waals surface area contributed by atoms with Crippen LogP contribution in [0, 0.1) is 6.92 Å². The lowest BCUT2D eigenvalue weighted by Crippen LogP contribution is -2.48. The maximum Gasteiger partial charge on any atom is 0.326 e. The molecule has 1 unspecified atom stereocenters. The van der Waals surface area contributed by atoms with Gasteiger partial charge in [-0.3, -0.25) is 14.5 Å². The molecule has 0 radical (unpaired) electrons. The average molecular weight is 302 g/mol. The van der Waals surface area contributed by atoms with E-state index in [1.54, 1.807) is 0 Å². The lowest BCUT2D eigenvalue weighted by molar-refractivity contribution is -0.147. The summed E-state index contributed by atoms with van der Waals surface area (Å²) in [6.07, 6.45) is 4.13. The molecule has 1 aliphatic carbocycles. The van der Waals surface area contributed by atoms with Gasteiger partial charge in [-0.2, -0.15) is 0 Å². The van der Waals surface area contributed by atoms with Crippen molar-refractivity contribution in [3.63, 3.8) is 0 Å². The van der Waals surface area contributed by atoms with Gasteiger partial charge >= 0.3 is 5.97 Å². The number of nitrogens with zero attached hydrogens (tertiary/aromatic N) is 1. The van der Waals surface area contributed by atoms with Crippen molar-refractivity contribution in [1.29, 1.82) is 0 Å². The summed E-state index contributed by atoms with van der Waals surface area (Å²) in [6, 6.07) is 5.48. The lowest BCUT2D eigenvalue weighted by Gasteiger charge is -2.33. The number of benzene rings is 1. The van der Waals surface area contributed by atoms with Crippen LogP contribution in [0.4, 0.5) is 11.4 Å². The molecule has 1 saturated carbocycles. The van der Waals surface area contributed by atoms with E-state index in [4.69, 9.17) is 4.74 Å². The minimum Gasteiger partial charge on any atom is -0.461 e. The first-order valence-corrected chi connectivity index (χ1v) is 7.92. The first-order valence-electron chi connectivity index (χ1n) is 7.92. The standard InChI is InChI=1S/C17H22N2O3/c1-11-7-8-15-14(9-11)18-12(2)17(21)19(15)10-16(20)22-13-5-3-4-6-13/h7-9,12-13,18H,3-6,10H2,1-2H3. The topological polar surface area (TPSA) is 58.6 Å². The molecule has 0 bridgehead atoms. The van der Waals surface area contributed by atoms with Gasteiger partial charge in [-0.05, 0) is 57.2 Å². The molecule has 2 aliphatic rings. The number of carbonyl (C=O) groups excluding carboxylic acids is 2. The lowest BCUT2D eigenvalue weighted by atomic mass is 10.1. The van der Waals surface area contributed by atoms with Crippen LogP contribution >= 0.6 is 0 Å². The molecule has 1 N–H and O–H groups in total. The third-order valence-corrected chi connectivity index (χ3v) is 4.34. The number of fused-ring (bicyclic) bond motifs is 1. The van der Waals surface area contributed by atoms with E-state index in [2.05, 4.69) is 5.32 Å². The Hall–Kier alpha value is -2.04. The Kier molecular flexibility index (Phi) is 4.05. The molecule has 22 heavy (non-hydrogen) atoms. The summed E-state index contributed by atoms with van der Waals surface area (Å²) in [7, 11) is 0. The van der Waals surface area contributed by atoms with Crippen LogP contribution in [-0.2, 0) is 14.3 Å². The van der Waals surface area contributed by atoms with Gasteiger partial charge in [0.05, 0.1) is 11.4 Å². The van der Waals surface area contributed by atoms with Crippen molar-refractivity contribution >= 4 is 23.3 Å². The van der Waals surface area contributed by atoms with Crippen molar-refractivity contribution in [2.24, 2.45) is 0 Å². The van der Waals surface area contributed by atoms with Crippen LogP contribution in [0.2, 0.25) is 0 Å². The summed E-state index contributed by atoms with van der Waals surface area (Å²) in [6.45, 7) is 3.79. The molecule has 1 fully saturated rings. The number of amides is 1. The number of hydrogen-bond acceptors (Lipinski definition) is 4. The second-order valence-electron chi connectivity index (χ2n) is 6.21. The molecule has 1 amide bonds. The van der Waals surface area contributed by atoms with Crippen molar-refractivity contribution in [2.75, 3.05) is 16.8 Å². The first kappa shape index (κ1) is 14.9. The van der Waals surface area contributed by atoms with Crippen LogP contribution in [0.1, 0.15) is 38.2 Å². The second kappa shape index (κ2) is 5.99. The van der Waals surface area contributed by atoms with Gasteiger partial charge in [0.25, 0.3) is 0 Å². The van der Waals surface area contributed by atoms with Crippen LogP contribution in [-0.4, -0.2) is 30.6 Å². The van der Waals surface area contributed by atoms with Gasteiger partial charge in [-0.1, -0.05) is 6.07 Å². The summed E-state index contributed by atoms with van der Waals surface area (Å²) in [5.74, 6) is -0.416. The van der Waals surface area contributed by atoms with Crippen molar-refractivity contribution in [3.05, 3.63) is 23.8 Å². The van der Waals surface area contributed by atoms with Gasteiger partial charge < -0.3 is 10.1 Å². The SMILES string of the molecule is Cc1ccc2c(c1)NC(C)C(=O)N2CC(=O)OC1CCCC1. The van der Waals surface area contributed by atoms with Crippen LogP contribution in [0.5, 0.6) is 0 Å². The Morgan fingerprint density at radius 1 is 1.36 bits per heavy atom. The Balaban J connectivity index is 1.76. The quantitative estimate of drug-likeness (QED) is 0.872. The highest BCUT2D eigenvalue weighted by atomic mass is 16.5. The Bertz CT molecular complexity index is 594. The van der Waals surface area contributed by atoms with Crippen LogP contribution in [0.25, 0.3) is 0 Å². The van der Waals surface area contributed by atoms with E-state index in [1.165, 1.54) is 4.90 Å². The van der Waals surface area contributed by atoms with Gasteiger partial charge in [0, 0.05) is 0 Å². The number of esters is 1. The first-order chi connectivity index (χ1) is 10.5. The number of rotatable bonds is 3. The van der Waals surface area contributed by atoms with E-state index in [1.807, 2.05) is 32.0 Å². The van der Waals surface area contributed by atoms with Gasteiger partial charge in [-0.15, -0.1) is 0 Å². The summed E-state index contributed by atoms with van der Waals surface area (Å²) >= 11 is 0. The summed E-state index contributed by atoms with van der Waals surface area (Å²) in [5.41, 5.74) is 2.75. The van der Waals surface area contributed by atoms with Crippen molar-refractivity contribution < 1.29 is 14.3 Å². The van der Waals surface area contributed by atoms with Crippen LogP contribution in [0.3, 0.4) is 0 Å². The van der Waals surface area contributed by atoms with Crippen molar-refractivity contribution in [2.45, 2.75) is 51.7 Å². The molecule has 5 nitrogen and oxygen atoms in total. The zero-order valence-corrected chi connectivity index (χ0v) is 13.1. The van der Waals surface area contributed by atoms with E-state index in [0.717, 1.165) is 42.6 Å². The maximum absolute atomic E-state index is 12.4. The largest absolute Gasteiger partial charge is 0.461 e. The Labute approximate surface area is 130 Å². The number of hydrogen-bond donors (Lipinski definition) is 1. The van der Waals surface area contributed by atoms with Crippen LogP contribution < -0.4 is 10.2 Å². The Morgan fingerprint density at radius 3 is 2.82 bits per heavy atom. The molecule has 1 aromatic rings. The monoisotopic (exact) mass is 302 g/mol. The second-order valence-corrected chi connectivity index (χ2v) is 6.21. The molecule has 1 aromatic carbocycles. The summed E-state index contributed by atoms with van der Waals surface area (Å²) in [4.78, 5) is 26.1. The van der Waals surface area contributed by atoms with E-state index in [9.17, 15) is 9.59 Å². The molecular formula is C17H22N2O3. The molecule has 3 rings (SSSR count). The molecule has 5 heteroatoms. The molecule has 0 spiro atoms. The van der Waals surface area contributed by atoms with E-state index < -0.39 is 0 Å². The number of anilines is 2. The number of ether oxygens (including phenoxy) is 1. The third-order valence-electron chi connectivity index (χ3n) is 4.34. The normalized spacial score (nSPS) is 21.5. The van der Waals surface area contributed by atoms with Crippen LogP contribution in [0.15, 0.2) is 18.2 Å². The van der Waals surface area contributed by atoms with E-state index >= 15 is 0 Å². The molecule has 1 atom stereocenters. The number of nitrogens with one attached hydrogen (secondary N) is 1. The molecule has 0 aromatic heterocycles. The zero-order valence-electron chi connectivity index (χ0n) is 13.1. The van der Waals surface area contributed by atoms with E-state index in [-0.39, 0.29) is 30.6 Å². The maximum atomic E-state index is 12.4. The zero-order chi connectivity index (χ0) is 15.7. The summed E-state index contributed by atoms with van der Waals surface area (Å²) < 4.78 is 5.48. The molecule has 1 heterocycles. The minimum atomic E-state index is -0.339.